The maximum absolute atomic E-state index is 13.5. The Morgan fingerprint density at radius 2 is 0.831 bits per heavy atom. The topological polar surface area (TPSA) is 111 Å². The maximum Gasteiger partial charge on any atom is 0.472 e. The van der Waals surface area contributed by atoms with Gasteiger partial charge in [0.05, 0.1) is 33.8 Å². The molecule has 9 nitrogen and oxygen atoms in total. The van der Waals surface area contributed by atoms with E-state index in [0.717, 1.165) is 116 Å². The van der Waals surface area contributed by atoms with E-state index in [0.29, 0.717) is 17.4 Å². The second kappa shape index (κ2) is 56.5. The van der Waals surface area contributed by atoms with E-state index in [-0.39, 0.29) is 31.5 Å². The molecule has 2 N–H and O–H groups in total. The molecule has 0 aromatic carbocycles. The molecule has 0 aromatic rings. The first-order chi connectivity index (χ1) is 37.4. The summed E-state index contributed by atoms with van der Waals surface area (Å²) in [6, 6.07) is -0.862. The lowest BCUT2D eigenvalue weighted by molar-refractivity contribution is -0.870. The number of amides is 1. The summed E-state index contributed by atoms with van der Waals surface area (Å²) in [5.41, 5.74) is 0. The Balaban J connectivity index is 5.17. The first-order valence-electron chi connectivity index (χ1n) is 31.9. The zero-order valence-electron chi connectivity index (χ0n) is 50.9. The molecule has 0 aliphatic heterocycles. The van der Waals surface area contributed by atoms with Crippen LogP contribution >= 0.6 is 7.82 Å². The van der Waals surface area contributed by atoms with E-state index >= 15 is 0 Å². The first kappa shape index (κ1) is 74.2. The largest absolute Gasteiger partial charge is 0.472 e. The molecule has 0 heterocycles. The van der Waals surface area contributed by atoms with Crippen LogP contribution in [0.3, 0.4) is 0 Å². The third-order valence-electron chi connectivity index (χ3n) is 13.8. The quantitative estimate of drug-likeness (QED) is 0.0205. The summed E-state index contributed by atoms with van der Waals surface area (Å²) < 4.78 is 30.7. The molecule has 0 aliphatic carbocycles. The minimum atomic E-state index is -4.46. The monoisotopic (exact) mass is 1100 g/mol. The van der Waals surface area contributed by atoms with E-state index in [2.05, 4.69) is 99.0 Å². The smallest absolute Gasteiger partial charge is 0.456 e. The van der Waals surface area contributed by atoms with E-state index in [9.17, 15) is 19.0 Å². The fraction of sp³-hybridized carbons (Fsp3) is 0.761. The van der Waals surface area contributed by atoms with Gasteiger partial charge in [0.1, 0.15) is 19.3 Å². The minimum absolute atomic E-state index is 0.0339. The number of likely N-dealkylation sites (N-methyl/N-ethyl adjacent to an activating group) is 1. The lowest BCUT2D eigenvalue weighted by atomic mass is 10.0. The first-order valence-corrected chi connectivity index (χ1v) is 33.4. The molecule has 0 spiro atoms. The molecule has 3 unspecified atom stereocenters. The van der Waals surface area contributed by atoms with Crippen LogP contribution in [-0.2, 0) is 27.9 Å². The molecule has 0 rings (SSSR count). The van der Waals surface area contributed by atoms with Gasteiger partial charge in [-0.05, 0) is 102 Å². The Morgan fingerprint density at radius 1 is 0.468 bits per heavy atom. The summed E-state index contributed by atoms with van der Waals surface area (Å²) in [6.07, 6.45) is 74.4. The normalized spacial score (nSPS) is 14.2. The van der Waals surface area contributed by atoms with Gasteiger partial charge in [-0.15, -0.1) is 0 Å². The van der Waals surface area contributed by atoms with Gasteiger partial charge in [0.2, 0.25) is 5.91 Å². The molecule has 0 saturated heterocycles. The third kappa shape index (κ3) is 57.7. The number of nitrogens with one attached hydrogen (secondary N) is 1. The molecule has 3 atom stereocenters. The Morgan fingerprint density at radius 3 is 1.27 bits per heavy atom. The number of carbonyl (C=O) groups excluding carboxylic acids is 2. The SMILES string of the molecule is CC/C=C\C/C=C\C/C=C\C/C=C\C/C=C\CCCCCCCCCCCC(=O)OC(/C=C\CCCCCCCCCCCC)C(COP(=O)(O)OCC[N+](C)(C)C)NC(=O)CCCCC/C=C\CCCCCCCCC. The zero-order valence-corrected chi connectivity index (χ0v) is 51.8. The number of hydrogen-bond acceptors (Lipinski definition) is 6. The van der Waals surface area contributed by atoms with Gasteiger partial charge in [-0.25, -0.2) is 4.57 Å². The molecule has 10 heteroatoms. The van der Waals surface area contributed by atoms with Crippen molar-refractivity contribution in [2.45, 2.75) is 290 Å². The second-order valence-electron chi connectivity index (χ2n) is 22.5. The third-order valence-corrected chi connectivity index (χ3v) is 14.8. The van der Waals surface area contributed by atoms with Gasteiger partial charge in [-0.1, -0.05) is 247 Å². The highest BCUT2D eigenvalue weighted by Crippen LogP contribution is 2.43. The summed E-state index contributed by atoms with van der Waals surface area (Å²) >= 11 is 0. The fourth-order valence-electron chi connectivity index (χ4n) is 8.90. The van der Waals surface area contributed by atoms with Gasteiger partial charge in [-0.3, -0.25) is 18.6 Å². The van der Waals surface area contributed by atoms with Crippen molar-refractivity contribution in [1.82, 2.24) is 5.32 Å². The van der Waals surface area contributed by atoms with Crippen LogP contribution in [0.25, 0.3) is 0 Å². The summed E-state index contributed by atoms with van der Waals surface area (Å²) in [5, 5.41) is 3.04. The van der Waals surface area contributed by atoms with Crippen LogP contribution in [-0.4, -0.2) is 74.3 Å². The summed E-state index contributed by atoms with van der Waals surface area (Å²) in [7, 11) is 1.48. The van der Waals surface area contributed by atoms with Gasteiger partial charge in [0.25, 0.3) is 0 Å². The highest BCUT2D eigenvalue weighted by molar-refractivity contribution is 7.47. The standard InChI is InChI=1S/C67H121N2O7P/c1-7-10-13-16-19-22-25-28-30-31-32-33-34-35-36-37-38-39-40-42-45-48-51-54-57-60-67(71)76-65(58-55-52-49-46-43-27-24-21-18-15-12-9-3)64(63-75-77(72,73)74-62-61-69(4,5)6)68-66(70)59-56-53-50-47-44-41-29-26-23-20-17-14-11-8-2/h10,13,19,22,28,30,32-33,35-36,41,44,55,58,64-65H,7-9,11-12,14-18,20-21,23-27,29,31,34,37-40,42-43,45-54,56-57,59-63H2,1-6H3,(H-,68,70,72,73)/p+1/b13-10-,22-19-,30-28-,33-32-,36-35-,44-41-,58-55-. The molecule has 0 aromatic heterocycles. The molecular formula is C67H122N2O7P+. The molecule has 1 amide bonds. The Kier molecular flexibility index (Phi) is 54.4. The molecule has 446 valence electrons. The predicted octanol–water partition coefficient (Wildman–Crippen LogP) is 19.8. The number of unbranched alkanes of at least 4 members (excludes halogenated alkanes) is 29. The van der Waals surface area contributed by atoms with E-state index in [1.807, 2.05) is 33.3 Å². The van der Waals surface area contributed by atoms with Crippen LogP contribution in [0.15, 0.2) is 85.1 Å². The van der Waals surface area contributed by atoms with Crippen molar-refractivity contribution in [3.05, 3.63) is 85.1 Å². The fourth-order valence-corrected chi connectivity index (χ4v) is 9.64. The van der Waals surface area contributed by atoms with Crippen molar-refractivity contribution in [2.75, 3.05) is 40.9 Å². The van der Waals surface area contributed by atoms with Gasteiger partial charge in [0, 0.05) is 12.8 Å². The van der Waals surface area contributed by atoms with Crippen molar-refractivity contribution < 1.29 is 37.3 Å². The van der Waals surface area contributed by atoms with Crippen LogP contribution in [0.2, 0.25) is 0 Å². The minimum Gasteiger partial charge on any atom is -0.456 e. The lowest BCUT2D eigenvalue weighted by Gasteiger charge is -2.27. The average Bonchev–Trinajstić information content (AvgIpc) is 3.39. The number of phosphoric ester groups is 1. The van der Waals surface area contributed by atoms with Crippen LogP contribution in [0, 0.1) is 0 Å². The number of ether oxygens (including phenoxy) is 1. The van der Waals surface area contributed by atoms with Crippen LogP contribution < -0.4 is 5.32 Å². The van der Waals surface area contributed by atoms with Crippen molar-refractivity contribution in [1.29, 1.82) is 0 Å². The van der Waals surface area contributed by atoms with Crippen LogP contribution in [0.5, 0.6) is 0 Å². The second-order valence-corrected chi connectivity index (χ2v) is 24.0. The molecule has 0 aliphatic rings. The predicted molar refractivity (Wildman–Crippen MR) is 332 cm³/mol. The number of quaternary nitrogens is 1. The van der Waals surface area contributed by atoms with Crippen LogP contribution in [0.4, 0.5) is 0 Å². The highest BCUT2D eigenvalue weighted by atomic mass is 31.2. The highest BCUT2D eigenvalue weighted by Gasteiger charge is 2.30. The van der Waals surface area contributed by atoms with Gasteiger partial charge in [0.15, 0.2) is 0 Å². The molecule has 0 bridgehead atoms. The van der Waals surface area contributed by atoms with Gasteiger partial charge in [-0.2, -0.15) is 0 Å². The summed E-state index contributed by atoms with van der Waals surface area (Å²) in [4.78, 5) is 37.7. The molecule has 0 fully saturated rings. The molecule has 77 heavy (non-hydrogen) atoms. The van der Waals surface area contributed by atoms with E-state index in [4.69, 9.17) is 13.8 Å². The zero-order chi connectivity index (χ0) is 56.4. The summed E-state index contributed by atoms with van der Waals surface area (Å²) in [5.74, 6) is -0.530. The van der Waals surface area contributed by atoms with Crippen molar-refractivity contribution >= 4 is 19.7 Å². The number of rotatable bonds is 57. The van der Waals surface area contributed by atoms with E-state index in [1.54, 1.807) is 0 Å². The van der Waals surface area contributed by atoms with E-state index < -0.39 is 20.0 Å². The number of hydrogen-bond donors (Lipinski definition) is 2. The summed E-state index contributed by atoms with van der Waals surface area (Å²) in [6.45, 7) is 6.88. The molecule has 0 saturated carbocycles. The molecular weight excluding hydrogens is 976 g/mol. The number of phosphoric acid groups is 1. The van der Waals surface area contributed by atoms with Gasteiger partial charge < -0.3 is 19.4 Å². The van der Waals surface area contributed by atoms with Crippen LogP contribution in [0.1, 0.15) is 278 Å². The lowest BCUT2D eigenvalue weighted by Crippen LogP contribution is -2.47. The Hall–Kier alpha value is -2.81. The number of carbonyl (C=O) groups is 2. The number of nitrogens with zero attached hydrogens (tertiary/aromatic N) is 1. The van der Waals surface area contributed by atoms with Gasteiger partial charge >= 0.3 is 13.8 Å². The maximum atomic E-state index is 13.5. The Bertz CT molecular complexity index is 1590. The number of esters is 1. The van der Waals surface area contributed by atoms with E-state index in [1.165, 1.54) is 128 Å². The van der Waals surface area contributed by atoms with Crippen molar-refractivity contribution in [3.63, 3.8) is 0 Å². The Labute approximate surface area is 476 Å². The average molecular weight is 1100 g/mol. The number of allylic oxidation sites excluding steroid dienone is 13. The molecule has 0 radical (unpaired) electrons. The van der Waals surface area contributed by atoms with Crippen molar-refractivity contribution in [2.24, 2.45) is 0 Å². The van der Waals surface area contributed by atoms with Crippen molar-refractivity contribution in [3.8, 4) is 0 Å².